The van der Waals surface area contributed by atoms with Crippen LogP contribution in [0.1, 0.15) is 18.1 Å². The zero-order chi connectivity index (χ0) is 18.6. The molecule has 0 N–H and O–H groups in total. The molecule has 0 saturated heterocycles. The number of aromatic nitrogens is 2. The monoisotopic (exact) mass is 380 g/mol. The van der Waals surface area contributed by atoms with Gasteiger partial charge in [-0.05, 0) is 30.7 Å². The molecule has 3 rings (SSSR count). The first-order chi connectivity index (χ1) is 12.5. The topological polar surface area (TPSA) is 48.2 Å². The van der Waals surface area contributed by atoms with Crippen LogP contribution in [0.4, 0.5) is 13.2 Å². The van der Waals surface area contributed by atoms with Gasteiger partial charge in [-0.15, -0.1) is 10.2 Å². The number of halogens is 3. The normalized spacial score (nSPS) is 11.5. The first-order valence-corrected chi connectivity index (χ1v) is 8.80. The lowest BCUT2D eigenvalue weighted by molar-refractivity contribution is -0.137. The van der Waals surface area contributed by atoms with Crippen LogP contribution in [0.15, 0.2) is 58.2 Å². The van der Waals surface area contributed by atoms with Crippen molar-refractivity contribution in [3.8, 4) is 17.2 Å². The van der Waals surface area contributed by atoms with Crippen LogP contribution >= 0.6 is 11.8 Å². The third kappa shape index (κ3) is 4.37. The summed E-state index contributed by atoms with van der Waals surface area (Å²) in [7, 11) is 0. The summed E-state index contributed by atoms with van der Waals surface area (Å²) in [5.74, 6) is 1.23. The van der Waals surface area contributed by atoms with E-state index in [4.69, 9.17) is 9.15 Å². The molecule has 0 amide bonds. The molecule has 4 nitrogen and oxygen atoms in total. The first-order valence-electron chi connectivity index (χ1n) is 7.82. The first kappa shape index (κ1) is 18.3. The summed E-state index contributed by atoms with van der Waals surface area (Å²) in [5, 5.41) is 8.23. The van der Waals surface area contributed by atoms with Gasteiger partial charge in [-0.25, -0.2) is 0 Å². The lowest BCUT2D eigenvalue weighted by atomic mass is 10.1. The van der Waals surface area contributed by atoms with Gasteiger partial charge in [0.05, 0.1) is 17.7 Å². The van der Waals surface area contributed by atoms with Crippen molar-refractivity contribution in [1.82, 2.24) is 10.2 Å². The van der Waals surface area contributed by atoms with Gasteiger partial charge in [-0.3, -0.25) is 0 Å². The third-order valence-electron chi connectivity index (χ3n) is 3.44. The number of ether oxygens (including phenoxy) is 1. The van der Waals surface area contributed by atoms with Gasteiger partial charge in [0.2, 0.25) is 0 Å². The molecule has 3 aromatic rings. The molecule has 0 fully saturated rings. The number of hydrogen-bond acceptors (Lipinski definition) is 5. The minimum atomic E-state index is -4.36. The van der Waals surface area contributed by atoms with Gasteiger partial charge in [0.25, 0.3) is 11.1 Å². The number of benzene rings is 2. The SMILES string of the molecule is CCOc1ccccc1-c1nnc(SCc2cccc(C(F)(F)F)c2)o1. The molecule has 0 unspecified atom stereocenters. The van der Waals surface area contributed by atoms with Crippen molar-refractivity contribution < 1.29 is 22.3 Å². The molecule has 0 aliphatic heterocycles. The second-order valence-electron chi connectivity index (χ2n) is 5.29. The van der Waals surface area contributed by atoms with Crippen molar-refractivity contribution in [3.05, 3.63) is 59.7 Å². The molecule has 0 radical (unpaired) electrons. The third-order valence-corrected chi connectivity index (χ3v) is 4.33. The number of alkyl halides is 3. The quantitative estimate of drug-likeness (QED) is 0.533. The van der Waals surface area contributed by atoms with Crippen LogP contribution in [-0.2, 0) is 11.9 Å². The highest BCUT2D eigenvalue weighted by Gasteiger charge is 2.30. The van der Waals surface area contributed by atoms with E-state index in [1.165, 1.54) is 17.8 Å². The minimum Gasteiger partial charge on any atom is -0.493 e. The van der Waals surface area contributed by atoms with E-state index in [1.807, 2.05) is 19.1 Å². The maximum Gasteiger partial charge on any atom is 0.416 e. The summed E-state index contributed by atoms with van der Waals surface area (Å²) in [6.45, 7) is 2.38. The molecule has 0 aliphatic carbocycles. The fourth-order valence-electron chi connectivity index (χ4n) is 2.28. The van der Waals surface area contributed by atoms with Crippen LogP contribution in [0.3, 0.4) is 0 Å². The molecule has 0 bridgehead atoms. The maximum atomic E-state index is 12.8. The van der Waals surface area contributed by atoms with E-state index in [1.54, 1.807) is 18.2 Å². The van der Waals surface area contributed by atoms with E-state index < -0.39 is 11.7 Å². The van der Waals surface area contributed by atoms with Gasteiger partial charge in [-0.1, -0.05) is 42.1 Å². The number of thioether (sulfide) groups is 1. The minimum absolute atomic E-state index is 0.281. The van der Waals surface area contributed by atoms with Crippen LogP contribution < -0.4 is 4.74 Å². The average Bonchev–Trinajstić information content (AvgIpc) is 3.09. The molecule has 0 spiro atoms. The van der Waals surface area contributed by atoms with Gasteiger partial charge in [0.15, 0.2) is 0 Å². The van der Waals surface area contributed by atoms with E-state index in [0.29, 0.717) is 35.1 Å². The molecule has 2 aromatic carbocycles. The summed E-state index contributed by atoms with van der Waals surface area (Å²) in [4.78, 5) is 0. The number of nitrogens with zero attached hydrogens (tertiary/aromatic N) is 2. The predicted octanol–water partition coefficient (Wildman–Crippen LogP) is 5.45. The summed E-state index contributed by atoms with van der Waals surface area (Å²) in [6.07, 6.45) is -4.36. The molecular formula is C18H15F3N2O2S. The molecule has 0 aliphatic rings. The fraction of sp³-hybridized carbons (Fsp3) is 0.222. The summed E-state index contributed by atoms with van der Waals surface area (Å²) < 4.78 is 49.4. The van der Waals surface area contributed by atoms with Crippen LogP contribution in [-0.4, -0.2) is 16.8 Å². The Morgan fingerprint density at radius 3 is 2.65 bits per heavy atom. The maximum absolute atomic E-state index is 12.8. The van der Waals surface area contributed by atoms with Crippen molar-refractivity contribution in [3.63, 3.8) is 0 Å². The largest absolute Gasteiger partial charge is 0.493 e. The van der Waals surface area contributed by atoms with Crippen molar-refractivity contribution in [2.45, 2.75) is 24.1 Å². The molecular weight excluding hydrogens is 365 g/mol. The van der Waals surface area contributed by atoms with Crippen molar-refractivity contribution >= 4 is 11.8 Å². The van der Waals surface area contributed by atoms with E-state index in [9.17, 15) is 13.2 Å². The Balaban J connectivity index is 1.72. The molecule has 1 heterocycles. The molecule has 136 valence electrons. The van der Waals surface area contributed by atoms with Crippen molar-refractivity contribution in [1.29, 1.82) is 0 Å². The summed E-state index contributed by atoms with van der Waals surface area (Å²) >= 11 is 1.18. The van der Waals surface area contributed by atoms with Crippen molar-refractivity contribution in [2.24, 2.45) is 0 Å². The molecule has 0 saturated carbocycles. The van der Waals surface area contributed by atoms with E-state index in [2.05, 4.69) is 10.2 Å². The second-order valence-corrected chi connectivity index (χ2v) is 6.22. The average molecular weight is 380 g/mol. The van der Waals surface area contributed by atoms with Gasteiger partial charge < -0.3 is 9.15 Å². The Labute approximate surface area is 152 Å². The lowest BCUT2D eigenvalue weighted by Gasteiger charge is -2.07. The Hall–Kier alpha value is -2.48. The van der Waals surface area contributed by atoms with Gasteiger partial charge >= 0.3 is 6.18 Å². The summed E-state index contributed by atoms with van der Waals surface area (Å²) in [5.41, 5.74) is 0.527. The number of rotatable bonds is 6. The Kier molecular flexibility index (Phi) is 5.51. The zero-order valence-electron chi connectivity index (χ0n) is 13.8. The van der Waals surface area contributed by atoms with Crippen molar-refractivity contribution in [2.75, 3.05) is 6.61 Å². The smallest absolute Gasteiger partial charge is 0.416 e. The molecule has 26 heavy (non-hydrogen) atoms. The Bertz CT molecular complexity index is 881. The highest BCUT2D eigenvalue weighted by atomic mass is 32.2. The second kappa shape index (κ2) is 7.82. The highest BCUT2D eigenvalue weighted by molar-refractivity contribution is 7.98. The fourth-order valence-corrected chi connectivity index (χ4v) is 2.99. The summed E-state index contributed by atoms with van der Waals surface area (Å²) in [6, 6.07) is 12.5. The standard InChI is InChI=1S/C18H15F3N2O2S/c1-2-24-15-9-4-3-8-14(15)16-22-23-17(25-16)26-11-12-6-5-7-13(10-12)18(19,20)21/h3-10H,2,11H2,1H3. The predicted molar refractivity (Wildman–Crippen MR) is 91.9 cm³/mol. The van der Waals surface area contributed by atoms with Crippen LogP contribution in [0.2, 0.25) is 0 Å². The van der Waals surface area contributed by atoms with Crippen LogP contribution in [0.25, 0.3) is 11.5 Å². The number of para-hydroxylation sites is 1. The van der Waals surface area contributed by atoms with E-state index in [-0.39, 0.29) is 5.22 Å². The Morgan fingerprint density at radius 2 is 1.88 bits per heavy atom. The molecule has 8 heteroatoms. The molecule has 0 atom stereocenters. The lowest BCUT2D eigenvalue weighted by Crippen LogP contribution is -2.04. The van der Waals surface area contributed by atoms with Gasteiger partial charge in [0.1, 0.15) is 5.75 Å². The zero-order valence-corrected chi connectivity index (χ0v) is 14.6. The Morgan fingerprint density at radius 1 is 1.08 bits per heavy atom. The van der Waals surface area contributed by atoms with E-state index in [0.717, 1.165) is 12.1 Å². The van der Waals surface area contributed by atoms with Gasteiger partial charge in [-0.2, -0.15) is 13.2 Å². The highest BCUT2D eigenvalue weighted by Crippen LogP contribution is 2.33. The van der Waals surface area contributed by atoms with Crippen LogP contribution in [0.5, 0.6) is 5.75 Å². The van der Waals surface area contributed by atoms with Crippen LogP contribution in [0, 0.1) is 0 Å². The van der Waals surface area contributed by atoms with Gasteiger partial charge in [0, 0.05) is 5.75 Å². The van der Waals surface area contributed by atoms with E-state index >= 15 is 0 Å². The number of hydrogen-bond donors (Lipinski definition) is 0. The molecule has 1 aromatic heterocycles.